The molecule has 3 aromatic rings. The largest absolute Gasteiger partial charge is 0.495 e. The van der Waals surface area contributed by atoms with E-state index < -0.39 is 5.82 Å². The van der Waals surface area contributed by atoms with Gasteiger partial charge in [0.25, 0.3) is 0 Å². The van der Waals surface area contributed by atoms with E-state index in [1.165, 1.54) is 12.1 Å². The van der Waals surface area contributed by atoms with Gasteiger partial charge in [-0.2, -0.15) is 0 Å². The maximum atomic E-state index is 13.5. The maximum Gasteiger partial charge on any atom is 0.224 e. The van der Waals surface area contributed by atoms with Crippen molar-refractivity contribution in [2.24, 2.45) is 0 Å². The Balaban J connectivity index is 1.49. The van der Waals surface area contributed by atoms with Gasteiger partial charge in [0.2, 0.25) is 5.91 Å². The summed E-state index contributed by atoms with van der Waals surface area (Å²) in [6.45, 7) is 6.06. The second-order valence-corrected chi connectivity index (χ2v) is 8.84. The summed E-state index contributed by atoms with van der Waals surface area (Å²) >= 11 is 5.91. The number of halogens is 2. The van der Waals surface area contributed by atoms with Gasteiger partial charge >= 0.3 is 0 Å². The van der Waals surface area contributed by atoms with E-state index in [1.807, 2.05) is 18.2 Å². The third-order valence-corrected chi connectivity index (χ3v) is 6.32. The average molecular weight is 486 g/mol. The molecule has 3 N–H and O–H groups in total. The molecule has 1 amide bonds. The maximum absolute atomic E-state index is 13.5. The van der Waals surface area contributed by atoms with Gasteiger partial charge in [-0.25, -0.2) is 9.37 Å². The second kappa shape index (κ2) is 11.0. The Morgan fingerprint density at radius 3 is 2.94 bits per heavy atom. The number of nitrogens with one attached hydrogen (secondary N) is 3. The highest BCUT2D eigenvalue weighted by Crippen LogP contribution is 2.34. The first-order chi connectivity index (χ1) is 16.4. The van der Waals surface area contributed by atoms with Crippen LogP contribution in [0.15, 0.2) is 42.6 Å². The number of amides is 1. The van der Waals surface area contributed by atoms with Crippen LogP contribution >= 0.6 is 11.6 Å². The topological polar surface area (TPSA) is 78.5 Å². The molecule has 4 rings (SSSR count). The first-order valence-electron chi connectivity index (χ1n) is 11.4. The molecule has 0 aliphatic carbocycles. The van der Waals surface area contributed by atoms with E-state index in [0.29, 0.717) is 35.4 Å². The fourth-order valence-corrected chi connectivity index (χ4v) is 4.33. The number of hydrogen-bond donors (Lipinski definition) is 3. The molecule has 0 spiro atoms. The van der Waals surface area contributed by atoms with Gasteiger partial charge in [0.05, 0.1) is 17.8 Å². The molecular formula is C25H29ClFN5O2. The second-order valence-electron chi connectivity index (χ2n) is 8.43. The molecule has 2 heterocycles. The summed E-state index contributed by atoms with van der Waals surface area (Å²) < 4.78 is 19.1. The third-order valence-electron chi connectivity index (χ3n) is 6.03. The summed E-state index contributed by atoms with van der Waals surface area (Å²) in [5.74, 6) is 0.577. The van der Waals surface area contributed by atoms with Crippen molar-refractivity contribution in [1.29, 1.82) is 0 Å². The summed E-state index contributed by atoms with van der Waals surface area (Å²) in [7, 11) is 1.57. The molecule has 2 aromatic carbocycles. The zero-order valence-electron chi connectivity index (χ0n) is 19.3. The Morgan fingerprint density at radius 1 is 1.32 bits per heavy atom. The van der Waals surface area contributed by atoms with Crippen molar-refractivity contribution in [3.63, 3.8) is 0 Å². The highest BCUT2D eigenvalue weighted by atomic mass is 35.5. The van der Waals surface area contributed by atoms with Crippen LogP contribution < -0.4 is 20.7 Å². The standard InChI is InChI=1S/C25H29ClFN5O2/c1-16-15-28-9-11-32(16)10-3-4-24(33)31-22-14-19-17(12-23(22)34-2)7-8-29-25(19)30-18-5-6-21(27)20(26)13-18/h5-8,12-14,16,28H,3-4,9-11,15H2,1-2H3,(H,29,30)(H,31,33). The number of piperazine rings is 1. The SMILES string of the molecule is COc1cc2ccnc(Nc3ccc(F)c(Cl)c3)c2cc1NC(=O)CCCN1CCNCC1C. The van der Waals surface area contributed by atoms with Crippen LogP contribution in [0.2, 0.25) is 5.02 Å². The Kier molecular flexibility index (Phi) is 7.82. The number of anilines is 3. The summed E-state index contributed by atoms with van der Waals surface area (Å²) in [6, 6.07) is 10.4. The Morgan fingerprint density at radius 2 is 2.18 bits per heavy atom. The Bertz CT molecular complexity index is 1180. The number of carbonyl (C=O) groups is 1. The summed E-state index contributed by atoms with van der Waals surface area (Å²) in [5, 5.41) is 11.2. The zero-order chi connectivity index (χ0) is 24.1. The molecule has 1 aromatic heterocycles. The smallest absolute Gasteiger partial charge is 0.224 e. The molecule has 1 aliphatic heterocycles. The molecular weight excluding hydrogens is 457 g/mol. The van der Waals surface area contributed by atoms with Crippen molar-refractivity contribution in [2.45, 2.75) is 25.8 Å². The monoisotopic (exact) mass is 485 g/mol. The lowest BCUT2D eigenvalue weighted by Gasteiger charge is -2.33. The third kappa shape index (κ3) is 5.75. The normalized spacial score (nSPS) is 16.4. The molecule has 7 nitrogen and oxygen atoms in total. The molecule has 0 radical (unpaired) electrons. The number of hydrogen-bond acceptors (Lipinski definition) is 6. The number of methoxy groups -OCH3 is 1. The Hall–Kier alpha value is -2.94. The molecule has 1 atom stereocenters. The zero-order valence-corrected chi connectivity index (χ0v) is 20.1. The molecule has 1 fully saturated rings. The first-order valence-corrected chi connectivity index (χ1v) is 11.8. The Labute approximate surface area is 203 Å². The molecule has 0 bridgehead atoms. The minimum absolute atomic E-state index is 0.0232. The van der Waals surface area contributed by atoms with E-state index in [0.717, 1.165) is 43.4 Å². The molecule has 0 saturated carbocycles. The van der Waals surface area contributed by atoms with Gasteiger partial charge in [-0.1, -0.05) is 11.6 Å². The lowest BCUT2D eigenvalue weighted by atomic mass is 10.1. The molecule has 1 saturated heterocycles. The van der Waals surface area contributed by atoms with Gasteiger partial charge in [0, 0.05) is 49.4 Å². The first kappa shape index (κ1) is 24.2. The fraction of sp³-hybridized carbons (Fsp3) is 0.360. The van der Waals surface area contributed by atoms with E-state index in [9.17, 15) is 9.18 Å². The van der Waals surface area contributed by atoms with Crippen molar-refractivity contribution < 1.29 is 13.9 Å². The minimum atomic E-state index is -0.487. The summed E-state index contributed by atoms with van der Waals surface area (Å²) in [5.41, 5.74) is 1.18. The number of rotatable bonds is 8. The van der Waals surface area contributed by atoms with Crippen molar-refractivity contribution in [3.05, 3.63) is 53.4 Å². The van der Waals surface area contributed by atoms with Gasteiger partial charge in [0.15, 0.2) is 0 Å². The van der Waals surface area contributed by atoms with Crippen LogP contribution in [-0.2, 0) is 4.79 Å². The highest BCUT2D eigenvalue weighted by Gasteiger charge is 2.18. The molecule has 1 aliphatic rings. The minimum Gasteiger partial charge on any atom is -0.495 e. The molecule has 9 heteroatoms. The number of fused-ring (bicyclic) bond motifs is 1. The van der Waals surface area contributed by atoms with Crippen LogP contribution in [0, 0.1) is 5.82 Å². The summed E-state index contributed by atoms with van der Waals surface area (Å²) in [4.78, 5) is 19.5. The van der Waals surface area contributed by atoms with Crippen LogP contribution in [0.4, 0.5) is 21.6 Å². The van der Waals surface area contributed by atoms with Gasteiger partial charge in [0.1, 0.15) is 17.4 Å². The average Bonchev–Trinajstić information content (AvgIpc) is 2.82. The predicted molar refractivity (Wildman–Crippen MR) is 135 cm³/mol. The van der Waals surface area contributed by atoms with Crippen LogP contribution in [-0.4, -0.2) is 55.1 Å². The van der Waals surface area contributed by atoms with Crippen LogP contribution in [0.25, 0.3) is 10.8 Å². The number of benzene rings is 2. The van der Waals surface area contributed by atoms with Crippen molar-refractivity contribution in [1.82, 2.24) is 15.2 Å². The van der Waals surface area contributed by atoms with E-state index in [-0.39, 0.29) is 10.9 Å². The fourth-order valence-electron chi connectivity index (χ4n) is 4.15. The number of aromatic nitrogens is 1. The van der Waals surface area contributed by atoms with Gasteiger partial charge in [-0.05, 0) is 61.7 Å². The lowest BCUT2D eigenvalue weighted by molar-refractivity contribution is -0.116. The van der Waals surface area contributed by atoms with Crippen LogP contribution in [0.5, 0.6) is 5.75 Å². The van der Waals surface area contributed by atoms with Crippen molar-refractivity contribution >= 4 is 45.5 Å². The van der Waals surface area contributed by atoms with E-state index in [2.05, 4.69) is 32.8 Å². The molecule has 180 valence electrons. The van der Waals surface area contributed by atoms with E-state index in [1.54, 1.807) is 19.4 Å². The highest BCUT2D eigenvalue weighted by molar-refractivity contribution is 6.31. The molecule has 1 unspecified atom stereocenters. The quantitative estimate of drug-likeness (QED) is 0.425. The number of ether oxygens (including phenoxy) is 1. The van der Waals surface area contributed by atoms with Gasteiger partial charge in [-0.15, -0.1) is 0 Å². The van der Waals surface area contributed by atoms with Crippen LogP contribution in [0.3, 0.4) is 0 Å². The number of carbonyl (C=O) groups excluding carboxylic acids is 1. The van der Waals surface area contributed by atoms with Crippen molar-refractivity contribution in [3.8, 4) is 5.75 Å². The number of pyridine rings is 1. The number of nitrogens with zero attached hydrogens (tertiary/aromatic N) is 2. The van der Waals surface area contributed by atoms with Crippen molar-refractivity contribution in [2.75, 3.05) is 43.9 Å². The van der Waals surface area contributed by atoms with Gasteiger partial charge in [-0.3, -0.25) is 9.69 Å². The molecule has 34 heavy (non-hydrogen) atoms. The summed E-state index contributed by atoms with van der Waals surface area (Å²) in [6.07, 6.45) is 2.88. The predicted octanol–water partition coefficient (Wildman–Crippen LogP) is 4.79. The van der Waals surface area contributed by atoms with Crippen LogP contribution in [0.1, 0.15) is 19.8 Å². The van der Waals surface area contributed by atoms with E-state index in [4.69, 9.17) is 16.3 Å². The van der Waals surface area contributed by atoms with E-state index >= 15 is 0 Å². The lowest BCUT2D eigenvalue weighted by Crippen LogP contribution is -2.49. The van der Waals surface area contributed by atoms with Gasteiger partial charge < -0.3 is 20.7 Å².